The first-order chi connectivity index (χ1) is 5.66. The Balaban J connectivity index is 2.69. The Morgan fingerprint density at radius 3 is 2.33 bits per heavy atom. The summed E-state index contributed by atoms with van der Waals surface area (Å²) in [5, 5.41) is 23.5. The maximum atomic E-state index is 11.0. The van der Waals surface area contributed by atoms with Crippen molar-refractivity contribution in [3.63, 3.8) is 0 Å². The Bertz CT molecular complexity index is 173. The molecule has 0 saturated carbocycles. The molecule has 0 radical (unpaired) electrons. The van der Waals surface area contributed by atoms with Crippen LogP contribution in [0.5, 0.6) is 0 Å². The number of rotatable bonds is 1. The molecule has 1 saturated heterocycles. The summed E-state index contributed by atoms with van der Waals surface area (Å²) in [6, 6.07) is 0.337. The lowest BCUT2D eigenvalue weighted by molar-refractivity contribution is -0.725. The lowest BCUT2D eigenvalue weighted by Gasteiger charge is -2.33. The fourth-order valence-corrected chi connectivity index (χ4v) is 1.79. The van der Waals surface area contributed by atoms with Crippen molar-refractivity contribution in [1.82, 2.24) is 5.01 Å². The van der Waals surface area contributed by atoms with E-state index in [-0.39, 0.29) is 17.1 Å². The molecule has 1 aliphatic rings. The van der Waals surface area contributed by atoms with E-state index in [4.69, 9.17) is 5.21 Å². The van der Waals surface area contributed by atoms with E-state index in [1.807, 2.05) is 13.8 Å². The molecule has 12 heavy (non-hydrogen) atoms. The van der Waals surface area contributed by atoms with Gasteiger partial charge in [-0.05, 0) is 33.1 Å². The highest BCUT2D eigenvalue weighted by Crippen LogP contribution is 2.22. The van der Waals surface area contributed by atoms with Crippen molar-refractivity contribution in [3.05, 3.63) is 5.21 Å². The maximum absolute atomic E-state index is 11.0. The third kappa shape index (κ3) is 1.60. The van der Waals surface area contributed by atoms with Crippen molar-refractivity contribution < 1.29 is 10.2 Å². The van der Waals surface area contributed by atoms with Gasteiger partial charge in [0.05, 0.1) is 17.1 Å². The van der Waals surface area contributed by atoms with E-state index in [2.05, 4.69) is 5.28 Å². The van der Waals surface area contributed by atoms with Crippen LogP contribution >= 0.6 is 0 Å². The van der Waals surface area contributed by atoms with Crippen molar-refractivity contribution in [2.45, 2.75) is 45.2 Å². The molecule has 1 aliphatic heterocycles. The monoisotopic (exact) mass is 173 g/mol. The zero-order chi connectivity index (χ0) is 9.14. The topological polar surface area (TPSA) is 61.9 Å². The number of hydrazine groups is 1. The third-order valence-corrected chi connectivity index (χ3v) is 2.42. The number of hydrogen-bond donors (Lipinski definition) is 1. The molecule has 1 rings (SSSR count). The third-order valence-electron chi connectivity index (χ3n) is 2.42. The molecule has 5 nitrogen and oxygen atoms in total. The van der Waals surface area contributed by atoms with Crippen molar-refractivity contribution in [3.8, 4) is 0 Å². The van der Waals surface area contributed by atoms with Gasteiger partial charge in [-0.15, -0.1) is 5.01 Å². The predicted molar refractivity (Wildman–Crippen MR) is 42.5 cm³/mol. The molecule has 1 fully saturated rings. The average molecular weight is 173 g/mol. The highest BCUT2D eigenvalue weighted by Gasteiger charge is 2.30. The maximum Gasteiger partial charge on any atom is 0.230 e. The van der Waals surface area contributed by atoms with Crippen molar-refractivity contribution in [2.24, 2.45) is 5.28 Å². The summed E-state index contributed by atoms with van der Waals surface area (Å²) >= 11 is 0. The quantitative estimate of drug-likeness (QED) is 0.371. The molecule has 0 amide bonds. The van der Waals surface area contributed by atoms with Crippen LogP contribution in [0, 0.1) is 5.21 Å². The molecular formula is C7H15N3O2. The van der Waals surface area contributed by atoms with Crippen LogP contribution < -0.4 is 0 Å². The smallest absolute Gasteiger partial charge is 0.230 e. The minimum absolute atomic E-state index is 0.169. The zero-order valence-corrected chi connectivity index (χ0v) is 7.47. The minimum Gasteiger partial charge on any atom is -0.569 e. The molecule has 2 atom stereocenters. The molecule has 70 valence electrons. The first-order valence-electron chi connectivity index (χ1n) is 4.27. The molecule has 2 unspecified atom stereocenters. The van der Waals surface area contributed by atoms with Gasteiger partial charge in [0, 0.05) is 0 Å². The summed E-state index contributed by atoms with van der Waals surface area (Å²) in [4.78, 5) is 0.286. The van der Waals surface area contributed by atoms with Gasteiger partial charge in [-0.25, -0.2) is 0 Å². The molecule has 0 aromatic rings. The van der Waals surface area contributed by atoms with Crippen LogP contribution in [-0.2, 0) is 0 Å². The molecule has 0 aromatic carbocycles. The Hall–Kier alpha value is -1.00. The van der Waals surface area contributed by atoms with Gasteiger partial charge in [-0.3, -0.25) is 0 Å². The average Bonchev–Trinajstić information content (AvgIpc) is 2.03. The largest absolute Gasteiger partial charge is 0.569 e. The van der Waals surface area contributed by atoms with Gasteiger partial charge in [-0.2, -0.15) is 0 Å². The van der Waals surface area contributed by atoms with E-state index in [1.165, 1.54) is 0 Å². The molecule has 1 heterocycles. The molecule has 0 aliphatic carbocycles. The van der Waals surface area contributed by atoms with Crippen LogP contribution in [0.1, 0.15) is 33.1 Å². The van der Waals surface area contributed by atoms with Gasteiger partial charge in [0.25, 0.3) is 0 Å². The van der Waals surface area contributed by atoms with Gasteiger partial charge < -0.3 is 10.4 Å². The van der Waals surface area contributed by atoms with Crippen molar-refractivity contribution >= 4 is 0 Å². The summed E-state index contributed by atoms with van der Waals surface area (Å²) in [7, 11) is 0. The summed E-state index contributed by atoms with van der Waals surface area (Å²) in [5.41, 5.74) is 0. The van der Waals surface area contributed by atoms with E-state index >= 15 is 0 Å². The normalized spacial score (nSPS) is 32.2. The van der Waals surface area contributed by atoms with Gasteiger partial charge in [0.15, 0.2) is 0 Å². The van der Waals surface area contributed by atoms with Crippen LogP contribution in [-0.4, -0.2) is 27.3 Å². The molecule has 1 N–H and O–H groups in total. The lowest BCUT2D eigenvalue weighted by Crippen LogP contribution is -2.47. The molecule has 5 heteroatoms. The summed E-state index contributed by atoms with van der Waals surface area (Å²) in [5.74, 6) is 0. The van der Waals surface area contributed by atoms with Gasteiger partial charge in [0.2, 0.25) is 5.28 Å². The van der Waals surface area contributed by atoms with Gasteiger partial charge in [-0.1, -0.05) is 0 Å². The number of hydrogen-bond acceptors (Lipinski definition) is 2. The fraction of sp³-hybridized carbons (Fsp3) is 1.00. The first-order valence-corrected chi connectivity index (χ1v) is 4.27. The van der Waals surface area contributed by atoms with E-state index in [1.54, 1.807) is 5.01 Å². The van der Waals surface area contributed by atoms with Crippen molar-refractivity contribution in [2.75, 3.05) is 0 Å². The van der Waals surface area contributed by atoms with E-state index < -0.39 is 0 Å². The standard InChI is InChI=1S/C7H15N3O2/c1-6-4-3-5-7(2)9(6)10(12)8-11/h6-7,11H,3-5H2,1-2H3/b10-8-. The lowest BCUT2D eigenvalue weighted by atomic mass is 10.00. The number of piperidine rings is 1. The second-order valence-corrected chi connectivity index (χ2v) is 3.35. The van der Waals surface area contributed by atoms with Gasteiger partial charge in [0.1, 0.15) is 0 Å². The van der Waals surface area contributed by atoms with Crippen LogP contribution in [0.25, 0.3) is 0 Å². The van der Waals surface area contributed by atoms with E-state index in [0.29, 0.717) is 0 Å². The van der Waals surface area contributed by atoms with E-state index in [0.717, 1.165) is 19.3 Å². The van der Waals surface area contributed by atoms with E-state index in [9.17, 15) is 5.21 Å². The summed E-state index contributed by atoms with van der Waals surface area (Å²) in [6.45, 7) is 3.93. The highest BCUT2D eigenvalue weighted by molar-refractivity contribution is 4.72. The van der Waals surface area contributed by atoms with Gasteiger partial charge >= 0.3 is 0 Å². The molecule has 0 bridgehead atoms. The Kier molecular flexibility index (Phi) is 2.73. The Morgan fingerprint density at radius 1 is 1.42 bits per heavy atom. The minimum atomic E-state index is 0.169. The predicted octanol–water partition coefficient (Wildman–Crippen LogP) is 1.52. The molecule has 0 aromatic heterocycles. The summed E-state index contributed by atoms with van der Waals surface area (Å²) in [6.07, 6.45) is 3.11. The van der Waals surface area contributed by atoms with Crippen molar-refractivity contribution in [1.29, 1.82) is 0 Å². The number of nitrogens with zero attached hydrogens (tertiary/aromatic N) is 3. The Labute approximate surface area is 71.8 Å². The molecular weight excluding hydrogens is 158 g/mol. The Morgan fingerprint density at radius 2 is 1.92 bits per heavy atom. The van der Waals surface area contributed by atoms with Crippen LogP contribution in [0.3, 0.4) is 0 Å². The second-order valence-electron chi connectivity index (χ2n) is 3.35. The second kappa shape index (κ2) is 3.60. The zero-order valence-electron chi connectivity index (χ0n) is 7.47. The highest BCUT2D eigenvalue weighted by atomic mass is 16.6. The molecule has 0 spiro atoms. The SMILES string of the molecule is CC1CCCC(C)N1/[N+]([O-])=N/O. The first kappa shape index (κ1) is 9.09. The fourth-order valence-electron chi connectivity index (χ4n) is 1.79. The summed E-state index contributed by atoms with van der Waals surface area (Å²) < 4.78 is 0. The van der Waals surface area contributed by atoms with Crippen LogP contribution in [0.4, 0.5) is 0 Å². The van der Waals surface area contributed by atoms with Crippen LogP contribution in [0.15, 0.2) is 5.28 Å². The van der Waals surface area contributed by atoms with Crippen LogP contribution in [0.2, 0.25) is 0 Å².